The van der Waals surface area contributed by atoms with Crippen LogP contribution < -0.4 is 11.1 Å². The highest BCUT2D eigenvalue weighted by Gasteiger charge is 2.19. The Morgan fingerprint density at radius 1 is 1.12 bits per heavy atom. The summed E-state index contributed by atoms with van der Waals surface area (Å²) in [6.45, 7) is 1.95. The Kier molecular flexibility index (Phi) is 6.21. The molecule has 0 saturated heterocycles. The van der Waals surface area contributed by atoms with E-state index in [1.807, 2.05) is 30.3 Å². The van der Waals surface area contributed by atoms with E-state index >= 15 is 0 Å². The summed E-state index contributed by atoms with van der Waals surface area (Å²) in [5, 5.41) is 2.74. The molecule has 2 unspecified atom stereocenters. The Labute approximate surface area is 140 Å². The molecule has 0 aliphatic heterocycles. The van der Waals surface area contributed by atoms with E-state index in [0.717, 1.165) is 5.56 Å². The smallest absolute Gasteiger partial charge is 0.220 e. The summed E-state index contributed by atoms with van der Waals surface area (Å²) < 4.78 is 13.2. The van der Waals surface area contributed by atoms with Crippen LogP contribution >= 0.6 is 0 Å². The molecule has 0 aliphatic rings. The number of nitrogens with two attached hydrogens (primary N) is 1. The number of Topliss-reactive ketones (excluding diaryl/α,β-unsaturated/α-hetero) is 1. The molecule has 0 heterocycles. The molecule has 0 radical (unpaired) electrons. The molecule has 4 nitrogen and oxygen atoms in total. The van der Waals surface area contributed by atoms with Gasteiger partial charge in [-0.2, -0.15) is 0 Å². The quantitative estimate of drug-likeness (QED) is 0.768. The number of hydrogen-bond acceptors (Lipinski definition) is 3. The van der Waals surface area contributed by atoms with Crippen LogP contribution in [0.15, 0.2) is 54.6 Å². The first-order chi connectivity index (χ1) is 11.5. The number of benzene rings is 2. The first-order valence-corrected chi connectivity index (χ1v) is 7.84. The number of halogens is 1. The van der Waals surface area contributed by atoms with Gasteiger partial charge in [-0.15, -0.1) is 0 Å². The van der Waals surface area contributed by atoms with Crippen LogP contribution in [0, 0.1) is 11.7 Å². The molecule has 2 rings (SSSR count). The second-order valence-corrected chi connectivity index (χ2v) is 5.80. The number of amides is 1. The largest absolute Gasteiger partial charge is 0.354 e. The molecule has 0 fully saturated rings. The van der Waals surface area contributed by atoms with E-state index in [1.165, 1.54) is 18.2 Å². The van der Waals surface area contributed by atoms with Crippen molar-refractivity contribution in [2.75, 3.05) is 6.54 Å². The Bertz CT molecular complexity index is 704. The molecule has 2 aromatic carbocycles. The lowest BCUT2D eigenvalue weighted by Gasteiger charge is -2.15. The normalized spacial score (nSPS) is 13.1. The minimum absolute atomic E-state index is 0.0385. The number of carbonyl (C=O) groups excluding carboxylic acids is 2. The monoisotopic (exact) mass is 328 g/mol. The average molecular weight is 328 g/mol. The fourth-order valence-electron chi connectivity index (χ4n) is 2.41. The van der Waals surface area contributed by atoms with Gasteiger partial charge in [-0.05, 0) is 17.7 Å². The molecule has 2 atom stereocenters. The van der Waals surface area contributed by atoms with Gasteiger partial charge in [0.2, 0.25) is 5.91 Å². The van der Waals surface area contributed by atoms with Crippen LogP contribution in [0.5, 0.6) is 0 Å². The Balaban J connectivity index is 1.84. The zero-order chi connectivity index (χ0) is 17.5. The second-order valence-electron chi connectivity index (χ2n) is 5.80. The molecule has 0 spiro atoms. The van der Waals surface area contributed by atoms with Crippen LogP contribution in [-0.4, -0.2) is 18.2 Å². The van der Waals surface area contributed by atoms with Gasteiger partial charge in [0, 0.05) is 30.5 Å². The van der Waals surface area contributed by atoms with Gasteiger partial charge in [0.1, 0.15) is 5.82 Å². The molecule has 24 heavy (non-hydrogen) atoms. The van der Waals surface area contributed by atoms with E-state index in [0.29, 0.717) is 6.54 Å². The molecule has 0 saturated carbocycles. The van der Waals surface area contributed by atoms with Crippen LogP contribution in [0.4, 0.5) is 4.39 Å². The Morgan fingerprint density at radius 2 is 1.83 bits per heavy atom. The van der Waals surface area contributed by atoms with Crippen LogP contribution in [0.3, 0.4) is 0 Å². The third-order valence-corrected chi connectivity index (χ3v) is 3.80. The van der Waals surface area contributed by atoms with Gasteiger partial charge >= 0.3 is 0 Å². The van der Waals surface area contributed by atoms with Gasteiger partial charge in [0.05, 0.1) is 0 Å². The highest BCUT2D eigenvalue weighted by atomic mass is 19.1. The molecule has 0 aliphatic carbocycles. The minimum atomic E-state index is -0.528. The fourth-order valence-corrected chi connectivity index (χ4v) is 2.41. The van der Waals surface area contributed by atoms with Crippen molar-refractivity contribution in [1.82, 2.24) is 5.32 Å². The lowest BCUT2D eigenvalue weighted by molar-refractivity contribution is -0.121. The lowest BCUT2D eigenvalue weighted by atomic mass is 9.96. The molecule has 0 bridgehead atoms. The number of hydrogen-bond donors (Lipinski definition) is 2. The van der Waals surface area contributed by atoms with Crippen LogP contribution in [0.25, 0.3) is 0 Å². The molecule has 126 valence electrons. The van der Waals surface area contributed by atoms with Gasteiger partial charge in [-0.3, -0.25) is 9.59 Å². The summed E-state index contributed by atoms with van der Waals surface area (Å²) >= 11 is 0. The van der Waals surface area contributed by atoms with Gasteiger partial charge in [0.25, 0.3) is 0 Å². The van der Waals surface area contributed by atoms with Crippen molar-refractivity contribution in [3.8, 4) is 0 Å². The van der Waals surface area contributed by atoms with Gasteiger partial charge in [-0.25, -0.2) is 4.39 Å². The Hall–Kier alpha value is -2.53. The van der Waals surface area contributed by atoms with Crippen molar-refractivity contribution in [3.05, 3.63) is 71.5 Å². The molecular weight excluding hydrogens is 307 g/mol. The van der Waals surface area contributed by atoms with Crippen LogP contribution in [0.2, 0.25) is 0 Å². The highest BCUT2D eigenvalue weighted by Crippen LogP contribution is 2.14. The summed E-state index contributed by atoms with van der Waals surface area (Å²) in [5.41, 5.74) is 7.22. The Morgan fingerprint density at radius 3 is 2.50 bits per heavy atom. The first-order valence-electron chi connectivity index (χ1n) is 7.84. The summed E-state index contributed by atoms with van der Waals surface area (Å²) in [7, 11) is 0. The molecule has 2 aromatic rings. The number of rotatable bonds is 7. The van der Waals surface area contributed by atoms with Crippen molar-refractivity contribution >= 4 is 11.7 Å². The molecule has 0 aromatic heterocycles. The third-order valence-electron chi connectivity index (χ3n) is 3.80. The van der Waals surface area contributed by atoms with Crippen molar-refractivity contribution in [2.45, 2.75) is 19.4 Å². The minimum Gasteiger partial charge on any atom is -0.354 e. The van der Waals surface area contributed by atoms with E-state index in [9.17, 15) is 14.0 Å². The standard InChI is InChI=1S/C19H21FN2O2/c1-13(19(24)15-8-5-9-16(20)11-15)10-18(23)22-12-17(21)14-6-3-2-4-7-14/h2-9,11,13,17H,10,12,21H2,1H3,(H,22,23). The maximum Gasteiger partial charge on any atom is 0.220 e. The topological polar surface area (TPSA) is 72.2 Å². The van der Waals surface area contributed by atoms with Crippen LogP contribution in [0.1, 0.15) is 35.3 Å². The van der Waals surface area contributed by atoms with Gasteiger partial charge in [-0.1, -0.05) is 49.4 Å². The molecule has 3 N–H and O–H groups in total. The second kappa shape index (κ2) is 8.36. The van der Waals surface area contributed by atoms with Crippen LogP contribution in [-0.2, 0) is 4.79 Å². The fraction of sp³-hybridized carbons (Fsp3) is 0.263. The maximum atomic E-state index is 13.2. The summed E-state index contributed by atoms with van der Waals surface area (Å²) in [6, 6.07) is 14.6. The number of carbonyl (C=O) groups is 2. The molecule has 5 heteroatoms. The number of nitrogens with one attached hydrogen (secondary N) is 1. The zero-order valence-corrected chi connectivity index (χ0v) is 13.5. The van der Waals surface area contributed by atoms with E-state index < -0.39 is 11.7 Å². The molecular formula is C19H21FN2O2. The van der Waals surface area contributed by atoms with E-state index in [4.69, 9.17) is 5.73 Å². The van der Waals surface area contributed by atoms with Crippen molar-refractivity contribution in [2.24, 2.45) is 11.7 Å². The maximum absolute atomic E-state index is 13.2. The highest BCUT2D eigenvalue weighted by molar-refractivity contribution is 5.99. The van der Waals surface area contributed by atoms with Crippen molar-refractivity contribution in [1.29, 1.82) is 0 Å². The average Bonchev–Trinajstić information content (AvgIpc) is 2.59. The van der Waals surface area contributed by atoms with E-state index in [2.05, 4.69) is 5.32 Å². The zero-order valence-electron chi connectivity index (χ0n) is 13.5. The first kappa shape index (κ1) is 17.8. The number of ketones is 1. The predicted molar refractivity (Wildman–Crippen MR) is 90.9 cm³/mol. The summed E-state index contributed by atoms with van der Waals surface area (Å²) in [6.07, 6.45) is 0.0385. The predicted octanol–water partition coefficient (Wildman–Crippen LogP) is 2.85. The lowest BCUT2D eigenvalue weighted by Crippen LogP contribution is -2.33. The van der Waals surface area contributed by atoms with E-state index in [-0.39, 0.29) is 29.7 Å². The summed E-state index contributed by atoms with van der Waals surface area (Å²) in [4.78, 5) is 24.2. The SMILES string of the molecule is CC(CC(=O)NCC(N)c1ccccc1)C(=O)c1cccc(F)c1. The summed E-state index contributed by atoms with van der Waals surface area (Å²) in [5.74, 6) is -1.50. The van der Waals surface area contributed by atoms with Gasteiger partial charge in [0.15, 0.2) is 5.78 Å². The van der Waals surface area contributed by atoms with Gasteiger partial charge < -0.3 is 11.1 Å². The van der Waals surface area contributed by atoms with E-state index in [1.54, 1.807) is 13.0 Å². The van der Waals surface area contributed by atoms with Crippen molar-refractivity contribution < 1.29 is 14.0 Å². The third kappa shape index (κ3) is 4.99. The molecule has 1 amide bonds. The van der Waals surface area contributed by atoms with Crippen molar-refractivity contribution in [3.63, 3.8) is 0 Å².